The number of morpholine rings is 1. The van der Waals surface area contributed by atoms with Crippen molar-refractivity contribution in [2.24, 2.45) is 0 Å². The maximum absolute atomic E-state index is 12.4. The summed E-state index contributed by atoms with van der Waals surface area (Å²) in [6.07, 6.45) is 5.71. The fourth-order valence-corrected chi connectivity index (χ4v) is 2.62. The minimum atomic E-state index is -0.319. The first-order valence-corrected chi connectivity index (χ1v) is 8.56. The first-order valence-electron chi connectivity index (χ1n) is 8.56. The molecule has 0 unspecified atom stereocenters. The Balaban J connectivity index is 1.84. The highest BCUT2D eigenvalue weighted by atomic mass is 16.5. The molecule has 1 fully saturated rings. The molecular formula is C18H26N2O5. The molecule has 1 aromatic heterocycles. The Labute approximate surface area is 148 Å². The molecule has 1 saturated heterocycles. The third-order valence-corrected chi connectivity index (χ3v) is 4.06. The number of carbonyl (C=O) groups is 2. The van der Waals surface area contributed by atoms with E-state index in [0.29, 0.717) is 18.8 Å². The lowest BCUT2D eigenvalue weighted by atomic mass is 10.2. The van der Waals surface area contributed by atoms with Gasteiger partial charge < -0.3 is 18.8 Å². The quantitative estimate of drug-likeness (QED) is 0.495. The van der Waals surface area contributed by atoms with Gasteiger partial charge in [0.05, 0.1) is 33.0 Å². The number of rotatable bonds is 9. The van der Waals surface area contributed by atoms with E-state index in [1.807, 2.05) is 0 Å². The normalized spacial score (nSPS) is 15.4. The Morgan fingerprint density at radius 2 is 2.12 bits per heavy atom. The average molecular weight is 350 g/mol. The molecule has 1 aliphatic rings. The first-order chi connectivity index (χ1) is 12.2. The van der Waals surface area contributed by atoms with Gasteiger partial charge >= 0.3 is 5.97 Å². The highest BCUT2D eigenvalue weighted by Gasteiger charge is 2.15. The van der Waals surface area contributed by atoms with Crippen LogP contribution in [0, 0.1) is 0 Å². The summed E-state index contributed by atoms with van der Waals surface area (Å²) in [5.41, 5.74) is 0. The molecular weight excluding hydrogens is 324 g/mol. The van der Waals surface area contributed by atoms with E-state index in [0.717, 1.165) is 39.3 Å². The maximum atomic E-state index is 12.4. The van der Waals surface area contributed by atoms with Crippen molar-refractivity contribution in [2.75, 3.05) is 53.0 Å². The van der Waals surface area contributed by atoms with Crippen LogP contribution in [0.3, 0.4) is 0 Å². The van der Waals surface area contributed by atoms with Crippen LogP contribution in [-0.4, -0.2) is 74.7 Å². The Kier molecular flexibility index (Phi) is 8.21. The number of amides is 1. The summed E-state index contributed by atoms with van der Waals surface area (Å²) in [6.45, 7) is 5.22. The zero-order valence-corrected chi connectivity index (χ0v) is 14.7. The SMILES string of the molecule is COC(=O)CCN(CCCN1CCOCC1)C(=O)/C=C/c1ccco1. The topological polar surface area (TPSA) is 72.2 Å². The van der Waals surface area contributed by atoms with Crippen LogP contribution in [0.2, 0.25) is 0 Å². The number of esters is 1. The van der Waals surface area contributed by atoms with Crippen molar-refractivity contribution in [1.29, 1.82) is 0 Å². The molecule has 7 heteroatoms. The highest BCUT2D eigenvalue weighted by Crippen LogP contribution is 2.06. The summed E-state index contributed by atoms with van der Waals surface area (Å²) >= 11 is 0. The van der Waals surface area contributed by atoms with E-state index in [2.05, 4.69) is 9.64 Å². The lowest BCUT2D eigenvalue weighted by molar-refractivity contribution is -0.141. The molecule has 1 amide bonds. The van der Waals surface area contributed by atoms with Gasteiger partial charge in [0, 0.05) is 38.8 Å². The van der Waals surface area contributed by atoms with Gasteiger partial charge in [-0.15, -0.1) is 0 Å². The van der Waals surface area contributed by atoms with Gasteiger partial charge in [-0.3, -0.25) is 14.5 Å². The third-order valence-electron chi connectivity index (χ3n) is 4.06. The lowest BCUT2D eigenvalue weighted by Gasteiger charge is -2.28. The summed E-state index contributed by atoms with van der Waals surface area (Å²) in [6, 6.07) is 3.54. The van der Waals surface area contributed by atoms with Gasteiger partial charge in [-0.1, -0.05) is 0 Å². The van der Waals surface area contributed by atoms with Crippen molar-refractivity contribution in [2.45, 2.75) is 12.8 Å². The van der Waals surface area contributed by atoms with Crippen molar-refractivity contribution in [3.05, 3.63) is 30.2 Å². The molecule has 0 aliphatic carbocycles. The minimum absolute atomic E-state index is 0.137. The van der Waals surface area contributed by atoms with Gasteiger partial charge in [-0.25, -0.2) is 0 Å². The predicted octanol–water partition coefficient (Wildman–Crippen LogP) is 1.41. The predicted molar refractivity (Wildman–Crippen MR) is 92.8 cm³/mol. The van der Waals surface area contributed by atoms with Crippen LogP contribution in [-0.2, 0) is 19.1 Å². The third kappa shape index (κ3) is 7.11. The molecule has 0 radical (unpaired) electrons. The van der Waals surface area contributed by atoms with E-state index in [4.69, 9.17) is 9.15 Å². The van der Waals surface area contributed by atoms with Gasteiger partial charge in [0.1, 0.15) is 5.76 Å². The van der Waals surface area contributed by atoms with Crippen LogP contribution in [0.15, 0.2) is 28.9 Å². The van der Waals surface area contributed by atoms with Crippen LogP contribution in [0.4, 0.5) is 0 Å². The fraction of sp³-hybridized carbons (Fsp3) is 0.556. The number of nitrogens with zero attached hydrogens (tertiary/aromatic N) is 2. The summed E-state index contributed by atoms with van der Waals surface area (Å²) in [4.78, 5) is 27.8. The molecule has 0 saturated carbocycles. The van der Waals surface area contributed by atoms with Gasteiger partial charge in [0.25, 0.3) is 0 Å². The summed E-state index contributed by atoms with van der Waals surface area (Å²) < 4.78 is 15.2. The highest BCUT2D eigenvalue weighted by molar-refractivity contribution is 5.91. The first kappa shape index (κ1) is 19.2. The molecule has 1 aliphatic heterocycles. The van der Waals surface area contributed by atoms with E-state index >= 15 is 0 Å². The number of furan rings is 1. The number of ether oxygens (including phenoxy) is 2. The molecule has 7 nitrogen and oxygen atoms in total. The zero-order valence-electron chi connectivity index (χ0n) is 14.7. The van der Waals surface area contributed by atoms with Crippen LogP contribution < -0.4 is 0 Å². The maximum Gasteiger partial charge on any atom is 0.307 e. The van der Waals surface area contributed by atoms with E-state index in [9.17, 15) is 9.59 Å². The Morgan fingerprint density at radius 3 is 2.80 bits per heavy atom. The van der Waals surface area contributed by atoms with Crippen molar-refractivity contribution < 1.29 is 23.5 Å². The smallest absolute Gasteiger partial charge is 0.307 e. The number of hydrogen-bond donors (Lipinski definition) is 0. The fourth-order valence-electron chi connectivity index (χ4n) is 2.62. The molecule has 25 heavy (non-hydrogen) atoms. The van der Waals surface area contributed by atoms with Gasteiger partial charge in [0.15, 0.2) is 0 Å². The van der Waals surface area contributed by atoms with Crippen LogP contribution >= 0.6 is 0 Å². The molecule has 138 valence electrons. The summed E-state index contributed by atoms with van der Waals surface area (Å²) in [7, 11) is 1.35. The monoisotopic (exact) mass is 350 g/mol. The minimum Gasteiger partial charge on any atom is -0.469 e. The van der Waals surface area contributed by atoms with Gasteiger partial charge in [-0.2, -0.15) is 0 Å². The Bertz CT molecular complexity index is 550. The number of hydrogen-bond acceptors (Lipinski definition) is 6. The van der Waals surface area contributed by atoms with Crippen molar-refractivity contribution in [3.8, 4) is 0 Å². The second-order valence-corrected chi connectivity index (χ2v) is 5.81. The lowest BCUT2D eigenvalue weighted by Crippen LogP contribution is -2.39. The zero-order chi connectivity index (χ0) is 17.9. The van der Waals surface area contributed by atoms with Crippen LogP contribution in [0.25, 0.3) is 6.08 Å². The molecule has 0 aromatic carbocycles. The van der Waals surface area contributed by atoms with Crippen LogP contribution in [0.5, 0.6) is 0 Å². The van der Waals surface area contributed by atoms with Gasteiger partial charge in [0.2, 0.25) is 5.91 Å². The molecule has 2 rings (SSSR count). The molecule has 0 spiro atoms. The number of carbonyl (C=O) groups excluding carboxylic acids is 2. The van der Waals surface area contributed by atoms with Gasteiger partial charge in [-0.05, 0) is 24.6 Å². The second-order valence-electron chi connectivity index (χ2n) is 5.81. The van der Waals surface area contributed by atoms with E-state index < -0.39 is 0 Å². The molecule has 2 heterocycles. The summed E-state index contributed by atoms with van der Waals surface area (Å²) in [5.74, 6) is 0.165. The molecule has 0 bridgehead atoms. The summed E-state index contributed by atoms with van der Waals surface area (Å²) in [5, 5.41) is 0. The van der Waals surface area contributed by atoms with Crippen molar-refractivity contribution in [1.82, 2.24) is 9.80 Å². The molecule has 0 atom stereocenters. The van der Waals surface area contributed by atoms with E-state index in [-0.39, 0.29) is 18.3 Å². The Hall–Kier alpha value is -2.12. The average Bonchev–Trinajstić information content (AvgIpc) is 3.16. The second kappa shape index (κ2) is 10.7. The largest absolute Gasteiger partial charge is 0.469 e. The van der Waals surface area contributed by atoms with E-state index in [1.165, 1.54) is 13.2 Å². The Morgan fingerprint density at radius 1 is 1.32 bits per heavy atom. The van der Waals surface area contributed by atoms with Crippen molar-refractivity contribution in [3.63, 3.8) is 0 Å². The van der Waals surface area contributed by atoms with Crippen molar-refractivity contribution >= 4 is 18.0 Å². The van der Waals surface area contributed by atoms with Crippen LogP contribution in [0.1, 0.15) is 18.6 Å². The standard InChI is InChI=1S/C18H26N2O5/c1-23-18(22)7-10-20(9-3-8-19-11-14-24-15-12-19)17(21)6-5-16-4-2-13-25-16/h2,4-6,13H,3,7-12,14-15H2,1H3/b6-5+. The number of methoxy groups -OCH3 is 1. The molecule has 1 aromatic rings. The molecule has 0 N–H and O–H groups in total. The van der Waals surface area contributed by atoms with E-state index in [1.54, 1.807) is 29.4 Å².